The number of benzene rings is 2. The van der Waals surface area contributed by atoms with E-state index in [0.717, 1.165) is 29.8 Å². The van der Waals surface area contributed by atoms with Crippen molar-refractivity contribution in [2.45, 2.75) is 26.3 Å². The number of hydrogen-bond donors (Lipinski definition) is 2. The van der Waals surface area contributed by atoms with Crippen molar-refractivity contribution in [3.63, 3.8) is 0 Å². The lowest BCUT2D eigenvalue weighted by Gasteiger charge is -2.36. The molecule has 0 saturated carbocycles. The lowest BCUT2D eigenvalue weighted by Crippen LogP contribution is -2.50. The predicted molar refractivity (Wildman–Crippen MR) is 149 cm³/mol. The second-order valence-corrected chi connectivity index (χ2v) is 9.40. The molecule has 2 aromatic carbocycles. The third-order valence-electron chi connectivity index (χ3n) is 6.92. The molecule has 5 rings (SSSR count). The molecule has 1 fully saturated rings. The molecular formula is C28H32N6O5. The number of fused-ring (bicyclic) bond motifs is 1. The molecule has 4 aromatic rings. The normalized spacial score (nSPS) is 13.6. The number of para-hydroxylation sites is 2. The molecule has 39 heavy (non-hydrogen) atoms. The summed E-state index contributed by atoms with van der Waals surface area (Å²) in [6.07, 6.45) is 1.61. The van der Waals surface area contributed by atoms with Crippen LogP contribution in [0, 0.1) is 0 Å². The largest absolute Gasteiger partial charge is 0.495 e. The maximum atomic E-state index is 12.8. The van der Waals surface area contributed by atoms with Gasteiger partial charge in [0.15, 0.2) is 12.3 Å². The number of nitrogens with zero attached hydrogens (tertiary/aromatic N) is 4. The molecule has 0 aliphatic carbocycles. The number of aromatic nitrogens is 4. The Labute approximate surface area is 225 Å². The zero-order valence-corrected chi connectivity index (χ0v) is 22.1. The van der Waals surface area contributed by atoms with Crippen molar-refractivity contribution in [3.05, 3.63) is 69.4 Å². The van der Waals surface area contributed by atoms with Gasteiger partial charge in [0.05, 0.1) is 12.8 Å². The van der Waals surface area contributed by atoms with E-state index < -0.39 is 5.69 Å². The number of anilines is 1. The summed E-state index contributed by atoms with van der Waals surface area (Å²) in [5.74, 6) is 1.76. The highest BCUT2D eigenvalue weighted by Gasteiger charge is 2.23. The number of nitrogens with one attached hydrogen (secondary N) is 2. The number of H-pyrrole nitrogens is 2. The second-order valence-electron chi connectivity index (χ2n) is 9.40. The van der Waals surface area contributed by atoms with Gasteiger partial charge in [-0.2, -0.15) is 0 Å². The number of carbonyl (C=O) groups is 1. The molecule has 0 atom stereocenters. The maximum absolute atomic E-state index is 12.8. The third-order valence-corrected chi connectivity index (χ3v) is 6.92. The van der Waals surface area contributed by atoms with Crippen LogP contribution >= 0.6 is 0 Å². The molecule has 2 N–H and O–H groups in total. The average Bonchev–Trinajstić information content (AvgIpc) is 3.40. The summed E-state index contributed by atoms with van der Waals surface area (Å²) in [5, 5.41) is 0. The van der Waals surface area contributed by atoms with E-state index in [9.17, 15) is 14.4 Å². The Bertz CT molecular complexity index is 1560. The zero-order valence-electron chi connectivity index (χ0n) is 22.1. The van der Waals surface area contributed by atoms with Crippen molar-refractivity contribution in [1.82, 2.24) is 24.4 Å². The van der Waals surface area contributed by atoms with Crippen LogP contribution in [0.1, 0.15) is 19.8 Å². The zero-order chi connectivity index (χ0) is 27.4. The molecule has 0 bridgehead atoms. The summed E-state index contributed by atoms with van der Waals surface area (Å²) in [6, 6.07) is 15.0. The van der Waals surface area contributed by atoms with Crippen molar-refractivity contribution in [1.29, 1.82) is 0 Å². The van der Waals surface area contributed by atoms with Gasteiger partial charge in [0.2, 0.25) is 0 Å². The fourth-order valence-electron chi connectivity index (χ4n) is 4.70. The van der Waals surface area contributed by atoms with E-state index in [-0.39, 0.29) is 29.2 Å². The Morgan fingerprint density at radius 1 is 1.00 bits per heavy atom. The van der Waals surface area contributed by atoms with Crippen LogP contribution in [0.15, 0.2) is 58.1 Å². The van der Waals surface area contributed by atoms with E-state index in [1.165, 1.54) is 4.57 Å². The number of imidazole rings is 1. The van der Waals surface area contributed by atoms with Crippen molar-refractivity contribution >= 4 is 22.8 Å². The molecule has 1 saturated heterocycles. The Hall–Kier alpha value is -4.54. The Morgan fingerprint density at radius 2 is 1.74 bits per heavy atom. The van der Waals surface area contributed by atoms with E-state index in [1.54, 1.807) is 31.4 Å². The highest BCUT2D eigenvalue weighted by atomic mass is 16.5. The first-order valence-electron chi connectivity index (χ1n) is 13.1. The van der Waals surface area contributed by atoms with E-state index in [4.69, 9.17) is 9.47 Å². The molecule has 1 aliphatic rings. The van der Waals surface area contributed by atoms with Gasteiger partial charge in [-0.05, 0) is 42.8 Å². The predicted octanol–water partition coefficient (Wildman–Crippen LogP) is 2.62. The monoisotopic (exact) mass is 532 g/mol. The first-order chi connectivity index (χ1) is 19.0. The van der Waals surface area contributed by atoms with Crippen LogP contribution in [0.25, 0.3) is 22.6 Å². The van der Waals surface area contributed by atoms with Crippen molar-refractivity contribution < 1.29 is 14.3 Å². The molecule has 1 amide bonds. The minimum atomic E-state index is -0.464. The smallest absolute Gasteiger partial charge is 0.330 e. The lowest BCUT2D eigenvalue weighted by molar-refractivity contribution is -0.133. The minimum Gasteiger partial charge on any atom is -0.495 e. The van der Waals surface area contributed by atoms with Crippen LogP contribution < -0.4 is 25.6 Å². The summed E-state index contributed by atoms with van der Waals surface area (Å²) < 4.78 is 12.4. The van der Waals surface area contributed by atoms with Gasteiger partial charge < -0.3 is 24.3 Å². The van der Waals surface area contributed by atoms with Gasteiger partial charge in [-0.25, -0.2) is 9.78 Å². The van der Waals surface area contributed by atoms with Gasteiger partial charge in [0.25, 0.3) is 11.5 Å². The standard InChI is InChI=1S/C28H32N6O5/c1-3-4-13-34-27(36)24-26(31-28(34)37)30-25(29-24)19-9-11-20(12-10-19)39-18-23(35)33-16-14-32(15-17-33)21-7-5-6-8-22(21)38-2/h5-12H,3-4,13-18H2,1-2H3,(H,29,30)(H,31,37). The molecular weight excluding hydrogens is 500 g/mol. The number of hydrogen-bond acceptors (Lipinski definition) is 7. The molecule has 11 heteroatoms. The molecule has 204 valence electrons. The molecule has 1 aliphatic heterocycles. The van der Waals surface area contributed by atoms with Gasteiger partial charge in [0.1, 0.15) is 22.8 Å². The Kier molecular flexibility index (Phi) is 7.67. The van der Waals surface area contributed by atoms with Crippen LogP contribution in [0.5, 0.6) is 11.5 Å². The third kappa shape index (κ3) is 5.52. The van der Waals surface area contributed by atoms with Gasteiger partial charge in [0, 0.05) is 38.3 Å². The minimum absolute atomic E-state index is 0.0584. The fourth-order valence-corrected chi connectivity index (χ4v) is 4.70. The van der Waals surface area contributed by atoms with Crippen molar-refractivity contribution in [2.24, 2.45) is 0 Å². The number of ether oxygens (including phenoxy) is 2. The van der Waals surface area contributed by atoms with Crippen LogP contribution in [0.2, 0.25) is 0 Å². The number of unbranched alkanes of at least 4 members (excludes halogenated alkanes) is 1. The molecule has 3 heterocycles. The van der Waals surface area contributed by atoms with E-state index in [0.29, 0.717) is 44.3 Å². The van der Waals surface area contributed by atoms with Crippen LogP contribution in [0.3, 0.4) is 0 Å². The van der Waals surface area contributed by atoms with Crippen LogP contribution in [-0.2, 0) is 11.3 Å². The summed E-state index contributed by atoms with van der Waals surface area (Å²) in [6.45, 7) is 4.94. The number of carbonyl (C=O) groups excluding carboxylic acids is 1. The van der Waals surface area contributed by atoms with Crippen LogP contribution in [-0.4, -0.2) is 70.2 Å². The number of aromatic amines is 2. The SMILES string of the molecule is CCCCn1c(=O)[nH]c2nc(-c3ccc(OCC(=O)N4CCN(c5ccccc5OC)CC4)cc3)[nH]c2c1=O. The van der Waals surface area contributed by atoms with E-state index >= 15 is 0 Å². The van der Waals surface area contributed by atoms with Gasteiger partial charge >= 0.3 is 5.69 Å². The van der Waals surface area contributed by atoms with Crippen molar-refractivity contribution in [2.75, 3.05) is 44.8 Å². The maximum Gasteiger partial charge on any atom is 0.330 e. The van der Waals surface area contributed by atoms with Gasteiger partial charge in [-0.3, -0.25) is 19.1 Å². The summed E-state index contributed by atoms with van der Waals surface area (Å²) in [7, 11) is 1.66. The summed E-state index contributed by atoms with van der Waals surface area (Å²) in [5.41, 5.74) is 1.39. The summed E-state index contributed by atoms with van der Waals surface area (Å²) >= 11 is 0. The summed E-state index contributed by atoms with van der Waals surface area (Å²) in [4.78, 5) is 51.9. The van der Waals surface area contributed by atoms with E-state index in [2.05, 4.69) is 19.9 Å². The lowest BCUT2D eigenvalue weighted by atomic mass is 10.2. The van der Waals surface area contributed by atoms with Gasteiger partial charge in [-0.15, -0.1) is 0 Å². The fraction of sp³-hybridized carbons (Fsp3) is 0.357. The number of methoxy groups -OCH3 is 1. The average molecular weight is 533 g/mol. The number of rotatable bonds is 9. The quantitative estimate of drug-likeness (QED) is 0.339. The van der Waals surface area contributed by atoms with E-state index in [1.807, 2.05) is 36.1 Å². The molecule has 2 aromatic heterocycles. The van der Waals surface area contributed by atoms with Crippen molar-refractivity contribution in [3.8, 4) is 22.9 Å². The van der Waals surface area contributed by atoms with Crippen LogP contribution in [0.4, 0.5) is 5.69 Å². The van der Waals surface area contributed by atoms with Gasteiger partial charge in [-0.1, -0.05) is 25.5 Å². The first-order valence-corrected chi connectivity index (χ1v) is 13.1. The highest BCUT2D eigenvalue weighted by Crippen LogP contribution is 2.28. The first kappa shape index (κ1) is 26.1. The number of piperazine rings is 1. The topological polar surface area (TPSA) is 126 Å². The molecule has 0 spiro atoms. The molecule has 11 nitrogen and oxygen atoms in total. The highest BCUT2D eigenvalue weighted by molar-refractivity contribution is 5.78. The Morgan fingerprint density at radius 3 is 2.46 bits per heavy atom. The second kappa shape index (κ2) is 11.5. The Balaban J connectivity index is 1.18. The number of amides is 1. The molecule has 0 radical (unpaired) electrons. The molecule has 0 unspecified atom stereocenters.